The standard InChI is InChI=1S/C21H21FN4O3/c1-11-15(16-18(25-21(2)7-8-21)23-10-24-19(16)29-11)20(28)26-9-14(27)17(26)12-3-5-13(22)6-4-12/h3-6,10,14,17,27H,7-9H2,1-2H3,(H,23,24,25). The lowest BCUT2D eigenvalue weighted by Crippen LogP contribution is -2.56. The number of likely N-dealkylation sites (tertiary alicyclic amines) is 1. The van der Waals surface area contributed by atoms with Gasteiger partial charge in [-0.3, -0.25) is 4.79 Å². The topological polar surface area (TPSA) is 91.5 Å². The largest absolute Gasteiger partial charge is 0.442 e. The molecule has 5 rings (SSSR count). The van der Waals surface area contributed by atoms with Crippen molar-refractivity contribution in [3.8, 4) is 0 Å². The molecule has 1 aliphatic carbocycles. The third-order valence-electron chi connectivity index (χ3n) is 5.85. The maximum Gasteiger partial charge on any atom is 0.258 e. The van der Waals surface area contributed by atoms with Gasteiger partial charge in [0.15, 0.2) is 0 Å². The molecule has 2 aliphatic rings. The molecule has 1 saturated heterocycles. The molecule has 2 atom stereocenters. The molecule has 3 heterocycles. The minimum atomic E-state index is -0.706. The highest BCUT2D eigenvalue weighted by atomic mass is 19.1. The van der Waals surface area contributed by atoms with Crippen LogP contribution in [-0.2, 0) is 0 Å². The normalized spacial score (nSPS) is 22.4. The van der Waals surface area contributed by atoms with Crippen molar-refractivity contribution in [2.75, 3.05) is 11.9 Å². The van der Waals surface area contributed by atoms with Gasteiger partial charge in [0, 0.05) is 5.54 Å². The summed E-state index contributed by atoms with van der Waals surface area (Å²) < 4.78 is 19.0. The van der Waals surface area contributed by atoms with Crippen LogP contribution in [0, 0.1) is 12.7 Å². The Labute approximate surface area is 166 Å². The first-order chi connectivity index (χ1) is 13.9. The zero-order valence-corrected chi connectivity index (χ0v) is 16.1. The Morgan fingerprint density at radius 3 is 2.69 bits per heavy atom. The second kappa shape index (κ2) is 6.25. The highest BCUT2D eigenvalue weighted by molar-refractivity contribution is 6.10. The van der Waals surface area contributed by atoms with Crippen LogP contribution < -0.4 is 5.32 Å². The third-order valence-corrected chi connectivity index (χ3v) is 5.85. The number of carbonyl (C=O) groups is 1. The van der Waals surface area contributed by atoms with Gasteiger partial charge in [-0.05, 0) is 44.4 Å². The van der Waals surface area contributed by atoms with E-state index in [2.05, 4.69) is 22.2 Å². The maximum atomic E-state index is 13.4. The molecule has 0 spiro atoms. The molecule has 29 heavy (non-hydrogen) atoms. The number of anilines is 1. The number of aliphatic hydroxyl groups is 1. The van der Waals surface area contributed by atoms with Gasteiger partial charge in [-0.25, -0.2) is 14.4 Å². The third kappa shape index (κ3) is 2.95. The fourth-order valence-corrected chi connectivity index (χ4v) is 3.89. The van der Waals surface area contributed by atoms with E-state index in [1.807, 2.05) is 0 Å². The van der Waals surface area contributed by atoms with E-state index in [-0.39, 0.29) is 23.8 Å². The molecule has 8 heteroatoms. The van der Waals surface area contributed by atoms with E-state index >= 15 is 0 Å². The van der Waals surface area contributed by atoms with Crippen molar-refractivity contribution in [2.45, 2.75) is 44.4 Å². The number of aryl methyl sites for hydroxylation is 1. The summed E-state index contributed by atoms with van der Waals surface area (Å²) >= 11 is 0. The Bertz CT molecular complexity index is 1110. The molecule has 2 aromatic heterocycles. The van der Waals surface area contributed by atoms with E-state index in [1.165, 1.54) is 18.5 Å². The lowest BCUT2D eigenvalue weighted by atomic mass is 9.90. The van der Waals surface area contributed by atoms with Gasteiger partial charge in [0.1, 0.15) is 23.7 Å². The van der Waals surface area contributed by atoms with Crippen molar-refractivity contribution in [1.82, 2.24) is 14.9 Å². The highest BCUT2D eigenvalue weighted by Gasteiger charge is 2.44. The van der Waals surface area contributed by atoms with Gasteiger partial charge in [0.2, 0.25) is 5.71 Å². The zero-order valence-electron chi connectivity index (χ0n) is 16.1. The van der Waals surface area contributed by atoms with E-state index in [0.29, 0.717) is 33.8 Å². The SMILES string of the molecule is Cc1oc2ncnc(NC3(C)CC3)c2c1C(=O)N1CC(O)C1c1ccc(F)cc1. The fraction of sp³-hybridized carbons (Fsp3) is 0.381. The Morgan fingerprint density at radius 1 is 1.31 bits per heavy atom. The maximum absolute atomic E-state index is 13.4. The number of nitrogens with zero attached hydrogens (tertiary/aromatic N) is 3. The van der Waals surface area contributed by atoms with Gasteiger partial charge in [0.25, 0.3) is 5.91 Å². The number of benzene rings is 1. The van der Waals surface area contributed by atoms with E-state index in [0.717, 1.165) is 12.8 Å². The summed E-state index contributed by atoms with van der Waals surface area (Å²) in [6, 6.07) is 5.30. The molecular formula is C21H21FN4O3. The minimum Gasteiger partial charge on any atom is -0.442 e. The van der Waals surface area contributed by atoms with E-state index in [1.54, 1.807) is 24.0 Å². The van der Waals surface area contributed by atoms with E-state index < -0.39 is 12.1 Å². The van der Waals surface area contributed by atoms with Crippen LogP contribution in [0.5, 0.6) is 0 Å². The number of hydrogen-bond acceptors (Lipinski definition) is 6. The number of aromatic nitrogens is 2. The van der Waals surface area contributed by atoms with Gasteiger partial charge in [0.05, 0.1) is 29.6 Å². The highest BCUT2D eigenvalue weighted by Crippen LogP contribution is 2.42. The molecule has 7 nitrogen and oxygen atoms in total. The molecule has 2 unspecified atom stereocenters. The molecular weight excluding hydrogens is 375 g/mol. The van der Waals surface area contributed by atoms with Gasteiger partial charge >= 0.3 is 0 Å². The van der Waals surface area contributed by atoms with Crippen molar-refractivity contribution < 1.29 is 18.7 Å². The van der Waals surface area contributed by atoms with Crippen molar-refractivity contribution in [3.63, 3.8) is 0 Å². The van der Waals surface area contributed by atoms with Crippen LogP contribution in [0.4, 0.5) is 10.2 Å². The number of rotatable bonds is 4. The molecule has 0 bridgehead atoms. The molecule has 3 aromatic rings. The van der Waals surface area contributed by atoms with Crippen LogP contribution in [-0.4, -0.2) is 44.1 Å². The summed E-state index contributed by atoms with van der Waals surface area (Å²) in [5.74, 6) is 0.404. The van der Waals surface area contributed by atoms with Crippen molar-refractivity contribution in [3.05, 3.63) is 53.3 Å². The predicted octanol–water partition coefficient (Wildman–Crippen LogP) is 3.19. The molecule has 1 aromatic carbocycles. The Balaban J connectivity index is 1.54. The summed E-state index contributed by atoms with van der Waals surface area (Å²) in [6.45, 7) is 4.02. The van der Waals surface area contributed by atoms with Crippen LogP contribution in [0.2, 0.25) is 0 Å². The second-order valence-electron chi connectivity index (χ2n) is 8.14. The molecule has 1 aliphatic heterocycles. The van der Waals surface area contributed by atoms with E-state index in [9.17, 15) is 14.3 Å². The van der Waals surface area contributed by atoms with Gasteiger partial charge in [-0.1, -0.05) is 12.1 Å². The summed E-state index contributed by atoms with van der Waals surface area (Å²) in [5.41, 5.74) is 1.40. The molecule has 2 N–H and O–H groups in total. The average Bonchev–Trinajstić information content (AvgIpc) is 3.29. The van der Waals surface area contributed by atoms with Crippen LogP contribution in [0.3, 0.4) is 0 Å². The summed E-state index contributed by atoms with van der Waals surface area (Å²) in [6.07, 6.45) is 2.78. The Hall–Kier alpha value is -3.00. The molecule has 1 amide bonds. The number of amides is 1. The van der Waals surface area contributed by atoms with E-state index in [4.69, 9.17) is 4.42 Å². The summed E-state index contributed by atoms with van der Waals surface area (Å²) in [4.78, 5) is 23.6. The number of aliphatic hydroxyl groups excluding tert-OH is 1. The number of carbonyl (C=O) groups excluding carboxylic acids is 1. The average molecular weight is 396 g/mol. The lowest BCUT2D eigenvalue weighted by molar-refractivity contribution is -0.0453. The summed E-state index contributed by atoms with van der Waals surface area (Å²) in [7, 11) is 0. The number of furan rings is 1. The number of halogens is 1. The Kier molecular flexibility index (Phi) is 3.89. The molecule has 150 valence electrons. The smallest absolute Gasteiger partial charge is 0.258 e. The van der Waals surface area contributed by atoms with Crippen molar-refractivity contribution >= 4 is 22.8 Å². The first-order valence-electron chi connectivity index (χ1n) is 9.63. The number of fused-ring (bicyclic) bond motifs is 1. The predicted molar refractivity (Wildman–Crippen MR) is 104 cm³/mol. The monoisotopic (exact) mass is 396 g/mol. The van der Waals surface area contributed by atoms with Crippen LogP contribution in [0.1, 0.15) is 47.5 Å². The van der Waals surface area contributed by atoms with Crippen LogP contribution in [0.25, 0.3) is 11.1 Å². The van der Waals surface area contributed by atoms with Crippen molar-refractivity contribution in [2.24, 2.45) is 0 Å². The van der Waals surface area contributed by atoms with Gasteiger partial charge < -0.3 is 19.7 Å². The fourth-order valence-electron chi connectivity index (χ4n) is 3.89. The second-order valence-corrected chi connectivity index (χ2v) is 8.14. The number of β-amino-alcohol motifs (C(OH)–C–C–N with tert-alkyl or cyclic N) is 1. The zero-order chi connectivity index (χ0) is 20.3. The van der Waals surface area contributed by atoms with Gasteiger partial charge in [-0.2, -0.15) is 0 Å². The van der Waals surface area contributed by atoms with Crippen molar-refractivity contribution in [1.29, 1.82) is 0 Å². The van der Waals surface area contributed by atoms with Gasteiger partial charge in [-0.15, -0.1) is 0 Å². The number of hydrogen-bond donors (Lipinski definition) is 2. The first-order valence-corrected chi connectivity index (χ1v) is 9.63. The molecule has 1 saturated carbocycles. The lowest BCUT2D eigenvalue weighted by Gasteiger charge is -2.45. The quantitative estimate of drug-likeness (QED) is 0.704. The summed E-state index contributed by atoms with van der Waals surface area (Å²) in [5, 5.41) is 14.3. The van der Waals surface area contributed by atoms with Crippen LogP contribution in [0.15, 0.2) is 35.0 Å². The number of nitrogens with one attached hydrogen (secondary N) is 1. The molecule has 2 fully saturated rings. The molecule has 0 radical (unpaired) electrons. The minimum absolute atomic E-state index is 0.0314. The van der Waals surface area contributed by atoms with Crippen LogP contribution >= 0.6 is 0 Å². The first kappa shape index (κ1) is 18.1. The Morgan fingerprint density at radius 2 is 2.03 bits per heavy atom.